The van der Waals surface area contributed by atoms with E-state index < -0.39 is 0 Å². The second kappa shape index (κ2) is 8.52. The van der Waals surface area contributed by atoms with Crippen molar-refractivity contribution in [2.75, 3.05) is 37.4 Å². The van der Waals surface area contributed by atoms with Crippen LogP contribution in [-0.4, -0.2) is 43.9 Å². The SMILES string of the molecule is CCN(CC)C(=O)c1cc(NC(=O)c2ccc(C)cc2)ccc1N(C)C. The van der Waals surface area contributed by atoms with Crippen LogP contribution in [0.4, 0.5) is 11.4 Å². The highest BCUT2D eigenvalue weighted by atomic mass is 16.2. The third kappa shape index (κ3) is 4.42. The summed E-state index contributed by atoms with van der Waals surface area (Å²) >= 11 is 0. The molecule has 0 saturated carbocycles. The summed E-state index contributed by atoms with van der Waals surface area (Å²) in [6, 6.07) is 12.8. The Morgan fingerprint density at radius 1 is 0.962 bits per heavy atom. The van der Waals surface area contributed by atoms with E-state index in [-0.39, 0.29) is 11.8 Å². The lowest BCUT2D eigenvalue weighted by Crippen LogP contribution is -2.31. The van der Waals surface area contributed by atoms with E-state index in [2.05, 4.69) is 5.32 Å². The Bertz CT molecular complexity index is 778. The first-order valence-electron chi connectivity index (χ1n) is 8.86. The highest BCUT2D eigenvalue weighted by molar-refractivity contribution is 6.06. The molecule has 0 unspecified atom stereocenters. The number of carbonyl (C=O) groups is 2. The monoisotopic (exact) mass is 353 g/mol. The van der Waals surface area contributed by atoms with Crippen LogP contribution in [0.1, 0.15) is 40.1 Å². The summed E-state index contributed by atoms with van der Waals surface area (Å²) in [5.74, 6) is -0.228. The molecule has 0 aliphatic rings. The van der Waals surface area contributed by atoms with Crippen LogP contribution in [0.2, 0.25) is 0 Å². The van der Waals surface area contributed by atoms with Crippen LogP contribution in [0.3, 0.4) is 0 Å². The Hall–Kier alpha value is -2.82. The standard InChI is InChI=1S/C21H27N3O2/c1-6-24(7-2)21(26)18-14-17(12-13-19(18)23(4)5)22-20(25)16-10-8-15(3)9-11-16/h8-14H,6-7H2,1-5H3,(H,22,25). The molecule has 0 saturated heterocycles. The minimum Gasteiger partial charge on any atom is -0.377 e. The summed E-state index contributed by atoms with van der Waals surface area (Å²) in [5, 5.41) is 2.89. The van der Waals surface area contributed by atoms with Crippen LogP contribution in [0.25, 0.3) is 0 Å². The molecule has 5 heteroatoms. The van der Waals surface area contributed by atoms with Crippen LogP contribution in [-0.2, 0) is 0 Å². The Morgan fingerprint density at radius 2 is 1.58 bits per heavy atom. The third-order valence-electron chi connectivity index (χ3n) is 4.33. The summed E-state index contributed by atoms with van der Waals surface area (Å²) < 4.78 is 0. The van der Waals surface area contributed by atoms with Crippen molar-refractivity contribution in [3.8, 4) is 0 Å². The van der Waals surface area contributed by atoms with E-state index in [1.165, 1.54) is 0 Å². The molecule has 5 nitrogen and oxygen atoms in total. The molecule has 0 spiro atoms. The number of benzene rings is 2. The minimum atomic E-state index is -0.191. The lowest BCUT2D eigenvalue weighted by Gasteiger charge is -2.23. The molecule has 2 aromatic rings. The van der Waals surface area contributed by atoms with Gasteiger partial charge in [-0.3, -0.25) is 9.59 Å². The van der Waals surface area contributed by atoms with Gasteiger partial charge >= 0.3 is 0 Å². The second-order valence-electron chi connectivity index (χ2n) is 6.42. The van der Waals surface area contributed by atoms with Crippen molar-refractivity contribution in [3.63, 3.8) is 0 Å². The number of nitrogens with one attached hydrogen (secondary N) is 1. The molecule has 1 N–H and O–H groups in total. The molecule has 2 rings (SSSR count). The number of amides is 2. The fraction of sp³-hybridized carbons (Fsp3) is 0.333. The van der Waals surface area contributed by atoms with Gasteiger partial charge in [-0.25, -0.2) is 0 Å². The summed E-state index contributed by atoms with van der Waals surface area (Å²) in [6.45, 7) is 7.18. The van der Waals surface area contributed by atoms with E-state index in [1.54, 1.807) is 23.1 Å². The number of aryl methyl sites for hydroxylation is 1. The first-order valence-corrected chi connectivity index (χ1v) is 8.86. The number of hydrogen-bond acceptors (Lipinski definition) is 3. The van der Waals surface area contributed by atoms with Crippen LogP contribution in [0.15, 0.2) is 42.5 Å². The molecule has 0 radical (unpaired) electrons. The maximum Gasteiger partial charge on any atom is 0.256 e. The lowest BCUT2D eigenvalue weighted by molar-refractivity contribution is 0.0773. The van der Waals surface area contributed by atoms with Crippen LogP contribution >= 0.6 is 0 Å². The third-order valence-corrected chi connectivity index (χ3v) is 4.33. The molecule has 26 heavy (non-hydrogen) atoms. The smallest absolute Gasteiger partial charge is 0.256 e. The zero-order chi connectivity index (χ0) is 19.3. The summed E-state index contributed by atoms with van der Waals surface area (Å²) in [5.41, 5.74) is 3.71. The molecule has 0 fully saturated rings. The Labute approximate surface area is 155 Å². The normalized spacial score (nSPS) is 10.3. The quantitative estimate of drug-likeness (QED) is 0.859. The molecular weight excluding hydrogens is 326 g/mol. The first-order chi connectivity index (χ1) is 12.4. The van der Waals surface area contributed by atoms with Gasteiger partial charge in [0.1, 0.15) is 0 Å². The van der Waals surface area contributed by atoms with Gasteiger partial charge in [0.25, 0.3) is 11.8 Å². The molecule has 0 heterocycles. The number of rotatable bonds is 6. The maximum absolute atomic E-state index is 12.9. The van der Waals surface area contributed by atoms with Crippen molar-refractivity contribution < 1.29 is 9.59 Å². The Kier molecular flexibility index (Phi) is 6.39. The molecule has 0 bridgehead atoms. The fourth-order valence-electron chi connectivity index (χ4n) is 2.76. The van der Waals surface area contributed by atoms with E-state index in [9.17, 15) is 9.59 Å². The topological polar surface area (TPSA) is 52.7 Å². The number of nitrogens with zero attached hydrogens (tertiary/aromatic N) is 2. The predicted octanol–water partition coefficient (Wildman–Crippen LogP) is 3.80. The van der Waals surface area contributed by atoms with Gasteiger partial charge < -0.3 is 15.1 Å². The van der Waals surface area contributed by atoms with E-state index in [1.807, 2.05) is 64.0 Å². The van der Waals surface area contributed by atoms with E-state index in [0.717, 1.165) is 11.3 Å². The van der Waals surface area contributed by atoms with Crippen molar-refractivity contribution in [1.82, 2.24) is 4.90 Å². The van der Waals surface area contributed by atoms with E-state index in [0.29, 0.717) is 29.9 Å². The number of hydrogen-bond donors (Lipinski definition) is 1. The predicted molar refractivity (Wildman–Crippen MR) is 107 cm³/mol. The lowest BCUT2D eigenvalue weighted by atomic mass is 10.1. The molecule has 2 aromatic carbocycles. The fourth-order valence-corrected chi connectivity index (χ4v) is 2.76. The van der Waals surface area contributed by atoms with Gasteiger partial charge in [0, 0.05) is 44.1 Å². The summed E-state index contributed by atoms with van der Waals surface area (Å²) in [4.78, 5) is 29.0. The van der Waals surface area contributed by atoms with Crippen LogP contribution in [0.5, 0.6) is 0 Å². The van der Waals surface area contributed by atoms with Crippen molar-refractivity contribution in [2.45, 2.75) is 20.8 Å². The largest absolute Gasteiger partial charge is 0.377 e. The van der Waals surface area contributed by atoms with E-state index >= 15 is 0 Å². The zero-order valence-corrected chi connectivity index (χ0v) is 16.2. The molecular formula is C21H27N3O2. The van der Waals surface area contributed by atoms with Crippen molar-refractivity contribution in [2.24, 2.45) is 0 Å². The average molecular weight is 353 g/mol. The van der Waals surface area contributed by atoms with Gasteiger partial charge in [-0.2, -0.15) is 0 Å². The Morgan fingerprint density at radius 3 is 2.12 bits per heavy atom. The maximum atomic E-state index is 12.9. The molecule has 0 aliphatic carbocycles. The van der Waals surface area contributed by atoms with Gasteiger partial charge in [-0.1, -0.05) is 17.7 Å². The van der Waals surface area contributed by atoms with Crippen LogP contribution < -0.4 is 10.2 Å². The van der Waals surface area contributed by atoms with Gasteiger partial charge in [-0.05, 0) is 51.1 Å². The van der Waals surface area contributed by atoms with Crippen molar-refractivity contribution in [1.29, 1.82) is 0 Å². The highest BCUT2D eigenvalue weighted by Gasteiger charge is 2.19. The zero-order valence-electron chi connectivity index (χ0n) is 16.2. The average Bonchev–Trinajstić information content (AvgIpc) is 2.62. The highest BCUT2D eigenvalue weighted by Crippen LogP contribution is 2.25. The van der Waals surface area contributed by atoms with Crippen LogP contribution in [0, 0.1) is 6.92 Å². The molecule has 2 amide bonds. The van der Waals surface area contributed by atoms with Crippen molar-refractivity contribution >= 4 is 23.2 Å². The van der Waals surface area contributed by atoms with E-state index in [4.69, 9.17) is 0 Å². The molecule has 138 valence electrons. The van der Waals surface area contributed by atoms with Gasteiger partial charge in [0.15, 0.2) is 0 Å². The van der Waals surface area contributed by atoms with Crippen molar-refractivity contribution in [3.05, 3.63) is 59.2 Å². The van der Waals surface area contributed by atoms with Gasteiger partial charge in [0.05, 0.1) is 5.56 Å². The molecule has 0 aliphatic heterocycles. The van der Waals surface area contributed by atoms with Gasteiger partial charge in [0.2, 0.25) is 0 Å². The molecule has 0 aromatic heterocycles. The molecule has 0 atom stereocenters. The summed E-state index contributed by atoms with van der Waals surface area (Å²) in [7, 11) is 3.80. The number of anilines is 2. The number of carbonyl (C=O) groups excluding carboxylic acids is 2. The summed E-state index contributed by atoms with van der Waals surface area (Å²) in [6.07, 6.45) is 0. The Balaban J connectivity index is 2.32. The minimum absolute atomic E-state index is 0.0369. The van der Waals surface area contributed by atoms with Gasteiger partial charge in [-0.15, -0.1) is 0 Å². The first kappa shape index (κ1) is 19.5. The second-order valence-corrected chi connectivity index (χ2v) is 6.42.